The zero-order valence-corrected chi connectivity index (χ0v) is 22.1. The molecular formula is C23H27NO14S. The summed E-state index contributed by atoms with van der Waals surface area (Å²) in [4.78, 5) is 58.3. The van der Waals surface area contributed by atoms with Crippen LogP contribution >= 0.6 is 11.3 Å². The average Bonchev–Trinajstić information content (AvgIpc) is 3.32. The molecule has 15 nitrogen and oxygen atoms in total. The number of hydrogen-bond donors (Lipinski definition) is 1. The summed E-state index contributed by atoms with van der Waals surface area (Å²) in [5, 5.41) is 21.7. The first-order valence-electron chi connectivity index (χ1n) is 11.6. The molecule has 39 heavy (non-hydrogen) atoms. The van der Waals surface area contributed by atoms with E-state index in [0.717, 1.165) is 39.0 Å². The molecule has 1 aromatic heterocycles. The Labute approximate surface area is 225 Å². The molecule has 8 atom stereocenters. The van der Waals surface area contributed by atoms with Crippen molar-refractivity contribution in [3.05, 3.63) is 39.5 Å². The topological polar surface area (TPSA) is 196 Å². The molecule has 0 aromatic carbocycles. The van der Waals surface area contributed by atoms with Crippen molar-refractivity contribution in [2.75, 3.05) is 6.61 Å². The fourth-order valence-electron chi connectivity index (χ4n) is 4.00. The van der Waals surface area contributed by atoms with Gasteiger partial charge in [-0.15, -0.1) is 0 Å². The molecule has 16 heteroatoms. The van der Waals surface area contributed by atoms with Crippen LogP contribution in [0.1, 0.15) is 38.7 Å². The molecule has 0 amide bonds. The number of rotatable bonds is 9. The number of aliphatic hydroxyl groups excluding tert-OH is 1. The predicted octanol–water partition coefficient (Wildman–Crippen LogP) is 1.07. The van der Waals surface area contributed by atoms with E-state index in [-0.39, 0.29) is 5.00 Å². The van der Waals surface area contributed by atoms with Crippen molar-refractivity contribution in [2.45, 2.75) is 76.7 Å². The first kappa shape index (κ1) is 29.9. The second-order valence-electron chi connectivity index (χ2n) is 8.48. The Morgan fingerprint density at radius 2 is 1.56 bits per heavy atom. The van der Waals surface area contributed by atoms with Gasteiger partial charge in [0.05, 0.1) is 16.1 Å². The molecule has 214 valence electrons. The summed E-state index contributed by atoms with van der Waals surface area (Å²) in [6.45, 7) is 3.90. The number of thiophene rings is 1. The number of carbonyl (C=O) groups is 4. The van der Waals surface area contributed by atoms with Gasteiger partial charge in [-0.3, -0.25) is 29.3 Å². The standard InChI is InChI=1S/C23H27NO14S/c1-10(25)33-9-15-19(34-11(2)26)21(35-12(3)27)22(36-13(4)28)23(37-15)38-18-14(29)7-8-32-20(18)16-5-6-17(39-16)24(30)31/h5-8,14-15,18-23,29H,9H2,1-4H3/t14-,15+,18-,19+,20-,21-,22+,23-/m0/s1. The Balaban J connectivity index is 2.00. The van der Waals surface area contributed by atoms with Gasteiger partial charge in [-0.05, 0) is 12.1 Å². The lowest BCUT2D eigenvalue weighted by Gasteiger charge is -2.45. The summed E-state index contributed by atoms with van der Waals surface area (Å²) in [5.74, 6) is -3.14. The molecule has 3 heterocycles. The molecule has 2 aliphatic heterocycles. The lowest BCUT2D eigenvalue weighted by molar-refractivity contribution is -0.380. The van der Waals surface area contributed by atoms with Crippen molar-refractivity contribution < 1.29 is 62.4 Å². The Bertz CT molecular complexity index is 1120. The molecule has 0 unspecified atom stereocenters. The number of nitrogens with zero attached hydrogens (tertiary/aromatic N) is 1. The molecular weight excluding hydrogens is 546 g/mol. The molecule has 0 spiro atoms. The quantitative estimate of drug-likeness (QED) is 0.190. The van der Waals surface area contributed by atoms with Gasteiger partial charge in [-0.2, -0.15) is 0 Å². The molecule has 1 N–H and O–H groups in total. The molecule has 0 bridgehead atoms. The van der Waals surface area contributed by atoms with Gasteiger partial charge in [0.25, 0.3) is 0 Å². The van der Waals surface area contributed by atoms with Gasteiger partial charge in [0.1, 0.15) is 24.9 Å². The van der Waals surface area contributed by atoms with Gasteiger partial charge in [0.2, 0.25) is 0 Å². The summed E-state index contributed by atoms with van der Waals surface area (Å²) in [5.41, 5.74) is 0. The van der Waals surface area contributed by atoms with Crippen LogP contribution in [0.5, 0.6) is 0 Å². The molecule has 1 saturated heterocycles. The summed E-state index contributed by atoms with van der Waals surface area (Å²) in [6, 6.07) is 2.70. The third kappa shape index (κ3) is 7.72. The average molecular weight is 574 g/mol. The van der Waals surface area contributed by atoms with E-state index in [4.69, 9.17) is 33.2 Å². The van der Waals surface area contributed by atoms with Gasteiger partial charge in [0, 0.05) is 33.8 Å². The van der Waals surface area contributed by atoms with Crippen LogP contribution in [0.4, 0.5) is 5.00 Å². The van der Waals surface area contributed by atoms with E-state index in [1.54, 1.807) is 0 Å². The molecule has 3 rings (SSSR count). The van der Waals surface area contributed by atoms with Crippen molar-refractivity contribution in [1.82, 2.24) is 0 Å². The summed E-state index contributed by atoms with van der Waals surface area (Å²) >= 11 is 0.795. The van der Waals surface area contributed by atoms with Crippen LogP contribution in [0.2, 0.25) is 0 Å². The normalized spacial score (nSPS) is 30.0. The molecule has 1 fully saturated rings. The minimum atomic E-state index is -1.59. The van der Waals surface area contributed by atoms with Crippen molar-refractivity contribution in [1.29, 1.82) is 0 Å². The number of esters is 4. The lowest BCUT2D eigenvalue weighted by Crippen LogP contribution is -2.64. The van der Waals surface area contributed by atoms with Crippen molar-refractivity contribution in [2.24, 2.45) is 0 Å². The molecule has 0 aliphatic carbocycles. The van der Waals surface area contributed by atoms with E-state index < -0.39 is 84.4 Å². The Kier molecular flexibility index (Phi) is 9.96. The van der Waals surface area contributed by atoms with E-state index in [0.29, 0.717) is 4.88 Å². The fraction of sp³-hybridized carbons (Fsp3) is 0.565. The molecule has 2 aliphatic rings. The minimum Gasteiger partial charge on any atom is -0.490 e. The highest BCUT2D eigenvalue weighted by atomic mass is 32.1. The summed E-state index contributed by atoms with van der Waals surface area (Å²) in [6.07, 6.45) is -8.44. The van der Waals surface area contributed by atoms with E-state index in [2.05, 4.69) is 0 Å². The zero-order valence-electron chi connectivity index (χ0n) is 21.2. The van der Waals surface area contributed by atoms with E-state index >= 15 is 0 Å². The maximum atomic E-state index is 12.0. The molecule has 0 radical (unpaired) electrons. The van der Waals surface area contributed by atoms with Gasteiger partial charge >= 0.3 is 28.9 Å². The van der Waals surface area contributed by atoms with E-state index in [1.807, 2.05) is 0 Å². The highest BCUT2D eigenvalue weighted by Crippen LogP contribution is 2.39. The first-order chi connectivity index (χ1) is 18.4. The third-order valence-electron chi connectivity index (χ3n) is 5.45. The Hall–Kier alpha value is -3.60. The zero-order chi connectivity index (χ0) is 28.9. The van der Waals surface area contributed by atoms with Crippen LogP contribution < -0.4 is 0 Å². The van der Waals surface area contributed by atoms with E-state index in [1.165, 1.54) is 24.5 Å². The predicted molar refractivity (Wildman–Crippen MR) is 127 cm³/mol. The van der Waals surface area contributed by atoms with Gasteiger partial charge in [0.15, 0.2) is 30.7 Å². The fourth-order valence-corrected chi connectivity index (χ4v) is 4.90. The van der Waals surface area contributed by atoms with Crippen LogP contribution in [-0.2, 0) is 52.3 Å². The molecule has 1 aromatic rings. The van der Waals surface area contributed by atoms with Crippen LogP contribution in [0.3, 0.4) is 0 Å². The number of aliphatic hydroxyl groups is 1. The highest BCUT2D eigenvalue weighted by molar-refractivity contribution is 7.15. The largest absolute Gasteiger partial charge is 0.490 e. The third-order valence-corrected chi connectivity index (χ3v) is 6.55. The maximum absolute atomic E-state index is 12.0. The second-order valence-corrected chi connectivity index (χ2v) is 9.57. The smallest absolute Gasteiger partial charge is 0.324 e. The van der Waals surface area contributed by atoms with Gasteiger partial charge in [-0.25, -0.2) is 0 Å². The van der Waals surface area contributed by atoms with Crippen LogP contribution in [0.25, 0.3) is 0 Å². The minimum absolute atomic E-state index is 0.177. The van der Waals surface area contributed by atoms with E-state index in [9.17, 15) is 34.4 Å². The van der Waals surface area contributed by atoms with Crippen molar-refractivity contribution in [3.63, 3.8) is 0 Å². The molecule has 0 saturated carbocycles. The number of hydrogen-bond acceptors (Lipinski definition) is 15. The first-order valence-corrected chi connectivity index (χ1v) is 12.4. The maximum Gasteiger partial charge on any atom is 0.324 e. The number of carbonyl (C=O) groups excluding carboxylic acids is 4. The summed E-state index contributed by atoms with van der Waals surface area (Å²) in [7, 11) is 0. The monoisotopic (exact) mass is 573 g/mol. The van der Waals surface area contributed by atoms with Crippen LogP contribution in [0, 0.1) is 10.1 Å². The number of ether oxygens (including phenoxy) is 7. The van der Waals surface area contributed by atoms with Crippen molar-refractivity contribution in [3.8, 4) is 0 Å². The van der Waals surface area contributed by atoms with Crippen LogP contribution in [0.15, 0.2) is 24.5 Å². The Morgan fingerprint density at radius 3 is 2.13 bits per heavy atom. The SMILES string of the molecule is CC(=O)OC[C@H]1O[C@@H](O[C@H]2[C@@H](O)C=CO[C@H]2c2ccc([N+](=O)[O-])s2)[C@H](OC(C)=O)[C@@H](OC(C)=O)[C@@H]1OC(C)=O. The lowest BCUT2D eigenvalue weighted by atomic mass is 9.97. The van der Waals surface area contributed by atoms with Gasteiger partial charge < -0.3 is 38.3 Å². The van der Waals surface area contributed by atoms with Crippen molar-refractivity contribution >= 4 is 40.2 Å². The van der Waals surface area contributed by atoms with Gasteiger partial charge in [-0.1, -0.05) is 11.3 Å². The Morgan fingerprint density at radius 1 is 0.949 bits per heavy atom. The summed E-state index contributed by atoms with van der Waals surface area (Å²) < 4.78 is 38.6. The van der Waals surface area contributed by atoms with Crippen LogP contribution in [-0.4, -0.2) is 83.4 Å². The number of nitro groups is 1. The highest BCUT2D eigenvalue weighted by Gasteiger charge is 2.54. The second kappa shape index (κ2) is 13.0.